The maximum atomic E-state index is 11.7. The summed E-state index contributed by atoms with van der Waals surface area (Å²) in [6.45, 7) is 0.238. The topological polar surface area (TPSA) is 96.0 Å². The molecule has 1 aromatic rings. The first-order valence-corrected chi connectivity index (χ1v) is 7.99. The molecule has 0 radical (unpaired) electrons. The van der Waals surface area contributed by atoms with E-state index in [1.54, 1.807) is 7.05 Å². The second kappa shape index (κ2) is 8.81. The lowest BCUT2D eigenvalue weighted by Gasteiger charge is -2.13. The number of nitrogens with zero attached hydrogens (tertiary/aromatic N) is 2. The van der Waals surface area contributed by atoms with Gasteiger partial charge in [-0.2, -0.15) is 0 Å². The number of esters is 1. The van der Waals surface area contributed by atoms with Gasteiger partial charge in [0.1, 0.15) is 6.54 Å². The predicted octanol–water partition coefficient (Wildman–Crippen LogP) is 0.520. The van der Waals surface area contributed by atoms with Crippen LogP contribution in [0, 0.1) is 0 Å². The highest BCUT2D eigenvalue weighted by molar-refractivity contribution is 6.01. The maximum Gasteiger partial charge on any atom is 0.326 e. The molecule has 0 atom stereocenters. The second-order valence-corrected chi connectivity index (χ2v) is 5.71. The quantitative estimate of drug-likeness (QED) is 0.546. The van der Waals surface area contributed by atoms with E-state index in [1.165, 1.54) is 4.90 Å². The molecule has 1 heterocycles. The van der Waals surface area contributed by atoms with Crippen LogP contribution in [0.4, 0.5) is 4.79 Å². The van der Waals surface area contributed by atoms with Crippen molar-refractivity contribution in [1.82, 2.24) is 15.1 Å². The summed E-state index contributed by atoms with van der Waals surface area (Å²) in [6.07, 6.45) is 0.336. The molecule has 1 fully saturated rings. The van der Waals surface area contributed by atoms with E-state index >= 15 is 0 Å². The van der Waals surface area contributed by atoms with Crippen molar-refractivity contribution in [2.45, 2.75) is 19.4 Å². The SMILES string of the molecule is CN1CC(=O)N(CCCC(=O)OCC(=O)NCc2ccccc2)C1=O. The number of ether oxygens (including phenoxy) is 1. The molecule has 1 aliphatic heterocycles. The summed E-state index contributed by atoms with van der Waals surface area (Å²) in [4.78, 5) is 48.9. The standard InChI is InChI=1S/C17H21N3O5/c1-19-11-15(22)20(17(19)24)9-5-8-16(23)25-12-14(21)18-10-13-6-3-2-4-7-13/h2-4,6-7H,5,8-12H2,1H3,(H,18,21). The Kier molecular flexibility index (Phi) is 6.50. The summed E-state index contributed by atoms with van der Waals surface area (Å²) in [5.41, 5.74) is 0.951. The van der Waals surface area contributed by atoms with Gasteiger partial charge in [0.2, 0.25) is 5.91 Å². The number of benzene rings is 1. The number of rotatable bonds is 8. The molecule has 0 unspecified atom stereocenters. The Balaban J connectivity index is 1.60. The van der Waals surface area contributed by atoms with E-state index in [0.29, 0.717) is 13.0 Å². The van der Waals surface area contributed by atoms with Gasteiger partial charge < -0.3 is 15.0 Å². The zero-order chi connectivity index (χ0) is 18.2. The van der Waals surface area contributed by atoms with Crippen LogP contribution in [-0.2, 0) is 25.7 Å². The summed E-state index contributed by atoms with van der Waals surface area (Å²) >= 11 is 0. The Bertz CT molecular complexity index is 647. The highest BCUT2D eigenvalue weighted by atomic mass is 16.5. The van der Waals surface area contributed by atoms with Gasteiger partial charge >= 0.3 is 12.0 Å². The Morgan fingerprint density at radius 2 is 1.92 bits per heavy atom. The van der Waals surface area contributed by atoms with E-state index in [-0.39, 0.29) is 44.0 Å². The zero-order valence-electron chi connectivity index (χ0n) is 14.1. The van der Waals surface area contributed by atoms with E-state index in [4.69, 9.17) is 4.74 Å². The molecule has 2 rings (SSSR count). The number of carbonyl (C=O) groups is 4. The van der Waals surface area contributed by atoms with Gasteiger partial charge in [-0.05, 0) is 12.0 Å². The van der Waals surface area contributed by atoms with Crippen LogP contribution in [0.5, 0.6) is 0 Å². The molecule has 25 heavy (non-hydrogen) atoms. The van der Waals surface area contributed by atoms with Crippen molar-refractivity contribution in [3.8, 4) is 0 Å². The van der Waals surface area contributed by atoms with Gasteiger partial charge in [-0.25, -0.2) is 4.79 Å². The first-order valence-electron chi connectivity index (χ1n) is 7.99. The smallest absolute Gasteiger partial charge is 0.326 e. The predicted molar refractivity (Wildman–Crippen MR) is 88.2 cm³/mol. The van der Waals surface area contributed by atoms with E-state index in [1.807, 2.05) is 30.3 Å². The normalized spacial score (nSPS) is 14.0. The molecule has 134 valence electrons. The molecule has 8 heteroatoms. The number of imide groups is 1. The van der Waals surface area contributed by atoms with Gasteiger partial charge in [0.05, 0.1) is 0 Å². The molecular weight excluding hydrogens is 326 g/mol. The zero-order valence-corrected chi connectivity index (χ0v) is 14.1. The first-order chi connectivity index (χ1) is 12.0. The molecule has 1 saturated heterocycles. The molecule has 8 nitrogen and oxygen atoms in total. The largest absolute Gasteiger partial charge is 0.456 e. The van der Waals surface area contributed by atoms with Gasteiger partial charge in [-0.15, -0.1) is 0 Å². The molecule has 0 aromatic heterocycles. The number of amides is 4. The fourth-order valence-corrected chi connectivity index (χ4v) is 2.34. The van der Waals surface area contributed by atoms with E-state index in [2.05, 4.69) is 5.32 Å². The summed E-state index contributed by atoms with van der Waals surface area (Å²) in [5, 5.41) is 2.65. The van der Waals surface area contributed by atoms with Crippen LogP contribution < -0.4 is 5.32 Å². The number of carbonyl (C=O) groups excluding carboxylic acids is 4. The maximum absolute atomic E-state index is 11.7. The Morgan fingerprint density at radius 3 is 2.56 bits per heavy atom. The van der Waals surface area contributed by atoms with Crippen LogP contribution >= 0.6 is 0 Å². The molecule has 0 bridgehead atoms. The Hall–Kier alpha value is -2.90. The summed E-state index contributed by atoms with van der Waals surface area (Å²) in [7, 11) is 1.54. The monoisotopic (exact) mass is 347 g/mol. The summed E-state index contributed by atoms with van der Waals surface area (Å²) in [6, 6.07) is 9.02. The van der Waals surface area contributed by atoms with Crippen molar-refractivity contribution in [3.05, 3.63) is 35.9 Å². The second-order valence-electron chi connectivity index (χ2n) is 5.71. The van der Waals surface area contributed by atoms with Crippen molar-refractivity contribution in [2.24, 2.45) is 0 Å². The number of urea groups is 1. The molecule has 0 spiro atoms. The van der Waals surface area contributed by atoms with E-state index < -0.39 is 5.97 Å². The third-order valence-corrected chi connectivity index (χ3v) is 3.69. The molecule has 0 aliphatic carbocycles. The van der Waals surface area contributed by atoms with Crippen molar-refractivity contribution in [3.63, 3.8) is 0 Å². The lowest BCUT2D eigenvalue weighted by molar-refractivity contribution is -0.148. The van der Waals surface area contributed by atoms with Crippen LogP contribution in [-0.4, -0.2) is 60.4 Å². The van der Waals surface area contributed by atoms with Crippen molar-refractivity contribution < 1.29 is 23.9 Å². The minimum atomic E-state index is -0.540. The molecule has 1 N–H and O–H groups in total. The van der Waals surface area contributed by atoms with E-state index in [0.717, 1.165) is 10.5 Å². The lowest BCUT2D eigenvalue weighted by Crippen LogP contribution is -2.33. The highest BCUT2D eigenvalue weighted by Crippen LogP contribution is 2.09. The number of nitrogens with one attached hydrogen (secondary N) is 1. The first kappa shape index (κ1) is 18.4. The van der Waals surface area contributed by atoms with Crippen molar-refractivity contribution in [1.29, 1.82) is 0 Å². The van der Waals surface area contributed by atoms with Crippen molar-refractivity contribution >= 4 is 23.8 Å². The Labute approximate surface area is 145 Å². The van der Waals surface area contributed by atoms with Gasteiger partial charge in [-0.1, -0.05) is 30.3 Å². The highest BCUT2D eigenvalue weighted by Gasteiger charge is 2.32. The number of hydrogen-bond acceptors (Lipinski definition) is 5. The average molecular weight is 347 g/mol. The number of hydrogen-bond donors (Lipinski definition) is 1. The third kappa shape index (κ3) is 5.59. The van der Waals surface area contributed by atoms with Crippen LogP contribution in [0.3, 0.4) is 0 Å². The average Bonchev–Trinajstić information content (AvgIpc) is 2.85. The third-order valence-electron chi connectivity index (χ3n) is 3.69. The van der Waals surface area contributed by atoms with Crippen LogP contribution in [0.25, 0.3) is 0 Å². The lowest BCUT2D eigenvalue weighted by atomic mass is 10.2. The van der Waals surface area contributed by atoms with Crippen LogP contribution in [0.15, 0.2) is 30.3 Å². The molecule has 1 aromatic carbocycles. The van der Waals surface area contributed by atoms with Crippen LogP contribution in [0.1, 0.15) is 18.4 Å². The minimum absolute atomic E-state index is 0.0345. The van der Waals surface area contributed by atoms with Gasteiger partial charge in [0.25, 0.3) is 5.91 Å². The fourth-order valence-electron chi connectivity index (χ4n) is 2.34. The molecule has 4 amide bonds. The van der Waals surface area contributed by atoms with Gasteiger partial charge in [0, 0.05) is 26.6 Å². The molecule has 0 saturated carbocycles. The van der Waals surface area contributed by atoms with Gasteiger partial charge in [-0.3, -0.25) is 19.3 Å². The van der Waals surface area contributed by atoms with E-state index in [9.17, 15) is 19.2 Å². The van der Waals surface area contributed by atoms with Crippen molar-refractivity contribution in [2.75, 3.05) is 26.7 Å². The molecular formula is C17H21N3O5. The fraction of sp³-hybridized carbons (Fsp3) is 0.412. The Morgan fingerprint density at radius 1 is 1.20 bits per heavy atom. The summed E-state index contributed by atoms with van der Waals surface area (Å²) in [5.74, 6) is -1.20. The number of likely N-dealkylation sites (N-methyl/N-ethyl adjacent to an activating group) is 1. The summed E-state index contributed by atoms with van der Waals surface area (Å²) < 4.78 is 4.88. The molecule has 1 aliphatic rings. The van der Waals surface area contributed by atoms with Crippen LogP contribution in [0.2, 0.25) is 0 Å². The van der Waals surface area contributed by atoms with Gasteiger partial charge in [0.15, 0.2) is 6.61 Å². The minimum Gasteiger partial charge on any atom is -0.456 e.